The van der Waals surface area contributed by atoms with Gasteiger partial charge in [0, 0.05) is 11.4 Å². The third kappa shape index (κ3) is 3.64. The van der Waals surface area contributed by atoms with Gasteiger partial charge in [0.1, 0.15) is 0 Å². The third-order valence-corrected chi connectivity index (χ3v) is 3.01. The summed E-state index contributed by atoms with van der Waals surface area (Å²) >= 11 is 1.80. The van der Waals surface area contributed by atoms with Gasteiger partial charge in [0.05, 0.1) is 0 Å². The predicted molar refractivity (Wildman–Crippen MR) is 65.7 cm³/mol. The maximum atomic E-state index is 3.38. The molecule has 0 spiro atoms. The van der Waals surface area contributed by atoms with Gasteiger partial charge in [0.15, 0.2) is 0 Å². The molecule has 14 heavy (non-hydrogen) atoms. The molecule has 0 aliphatic rings. The van der Waals surface area contributed by atoms with Crippen LogP contribution in [0, 0.1) is 5.92 Å². The maximum absolute atomic E-state index is 3.38. The summed E-state index contributed by atoms with van der Waals surface area (Å²) in [5, 5.41) is 5.50. The zero-order chi connectivity index (χ0) is 10.4. The minimum absolute atomic E-state index is 0.621. The summed E-state index contributed by atoms with van der Waals surface area (Å²) in [6.07, 6.45) is 2.30. The molecule has 0 aromatic carbocycles. The van der Waals surface area contributed by atoms with Crippen LogP contribution in [0.15, 0.2) is 23.1 Å². The van der Waals surface area contributed by atoms with Gasteiger partial charge in [-0.05, 0) is 30.0 Å². The molecule has 0 saturated heterocycles. The first-order chi connectivity index (χ1) is 6.74. The van der Waals surface area contributed by atoms with Crippen LogP contribution in [0.25, 0.3) is 6.08 Å². The number of hydrogen-bond donors (Lipinski definition) is 1. The van der Waals surface area contributed by atoms with E-state index in [1.807, 2.05) is 0 Å². The molecule has 1 heterocycles. The first kappa shape index (κ1) is 11.5. The van der Waals surface area contributed by atoms with Crippen molar-refractivity contribution in [1.82, 2.24) is 5.32 Å². The summed E-state index contributed by atoms with van der Waals surface area (Å²) in [6.45, 7) is 8.68. The van der Waals surface area contributed by atoms with E-state index in [1.165, 1.54) is 10.5 Å². The average molecular weight is 209 g/mol. The van der Waals surface area contributed by atoms with Crippen LogP contribution in [0.4, 0.5) is 0 Å². The molecule has 0 radical (unpaired) electrons. The van der Waals surface area contributed by atoms with Crippen molar-refractivity contribution in [1.29, 1.82) is 0 Å². The van der Waals surface area contributed by atoms with E-state index in [0.29, 0.717) is 5.92 Å². The van der Waals surface area contributed by atoms with Gasteiger partial charge >= 0.3 is 0 Å². The monoisotopic (exact) mass is 209 g/mol. The summed E-state index contributed by atoms with van der Waals surface area (Å²) in [5.74, 6) is 0.621. The van der Waals surface area contributed by atoms with Gasteiger partial charge in [-0.2, -0.15) is 0 Å². The van der Waals surface area contributed by atoms with Crippen molar-refractivity contribution in [2.24, 2.45) is 5.92 Å². The first-order valence-electron chi connectivity index (χ1n) is 5.18. The Morgan fingerprint density at radius 2 is 2.36 bits per heavy atom. The first-order valence-corrected chi connectivity index (χ1v) is 6.06. The highest BCUT2D eigenvalue weighted by Crippen LogP contribution is 2.17. The Labute approximate surface area is 90.9 Å². The normalized spacial score (nSPS) is 12.4. The summed E-state index contributed by atoms with van der Waals surface area (Å²) < 4.78 is 0. The lowest BCUT2D eigenvalue weighted by Crippen LogP contribution is -2.18. The van der Waals surface area contributed by atoms with Crippen molar-refractivity contribution in [3.8, 4) is 0 Å². The van der Waals surface area contributed by atoms with Crippen LogP contribution in [0.2, 0.25) is 0 Å². The van der Waals surface area contributed by atoms with E-state index in [-0.39, 0.29) is 0 Å². The molecule has 1 aromatic rings. The SMILES string of the molecule is CCNCC(=Cc1cccs1)C(C)C. The molecule has 0 saturated carbocycles. The molecule has 1 rings (SSSR count). The van der Waals surface area contributed by atoms with E-state index in [1.54, 1.807) is 11.3 Å². The molecule has 0 fully saturated rings. The highest BCUT2D eigenvalue weighted by atomic mass is 32.1. The Morgan fingerprint density at radius 3 is 2.86 bits per heavy atom. The van der Waals surface area contributed by atoms with Crippen LogP contribution in [-0.2, 0) is 0 Å². The highest BCUT2D eigenvalue weighted by Gasteiger charge is 2.02. The molecule has 0 aliphatic carbocycles. The number of hydrogen-bond acceptors (Lipinski definition) is 2. The van der Waals surface area contributed by atoms with Crippen molar-refractivity contribution < 1.29 is 0 Å². The Bertz CT molecular complexity index is 273. The minimum atomic E-state index is 0.621. The van der Waals surface area contributed by atoms with E-state index in [9.17, 15) is 0 Å². The second-order valence-corrected chi connectivity index (χ2v) is 4.65. The quantitative estimate of drug-likeness (QED) is 0.783. The fraction of sp³-hybridized carbons (Fsp3) is 0.500. The topological polar surface area (TPSA) is 12.0 Å². The fourth-order valence-electron chi connectivity index (χ4n) is 1.25. The number of rotatable bonds is 5. The van der Waals surface area contributed by atoms with Gasteiger partial charge in [-0.3, -0.25) is 0 Å². The van der Waals surface area contributed by atoms with Gasteiger partial charge in [0.25, 0.3) is 0 Å². The van der Waals surface area contributed by atoms with Crippen molar-refractivity contribution in [2.45, 2.75) is 20.8 Å². The molecule has 1 N–H and O–H groups in total. The van der Waals surface area contributed by atoms with Crippen LogP contribution < -0.4 is 5.32 Å². The average Bonchev–Trinajstić information content (AvgIpc) is 2.64. The third-order valence-electron chi connectivity index (χ3n) is 2.19. The molecular formula is C12H19NS. The summed E-state index contributed by atoms with van der Waals surface area (Å²) in [5.41, 5.74) is 1.48. The molecule has 2 heteroatoms. The molecule has 0 bridgehead atoms. The van der Waals surface area contributed by atoms with Crippen LogP contribution >= 0.6 is 11.3 Å². The zero-order valence-corrected chi connectivity index (χ0v) is 10.0. The second-order valence-electron chi connectivity index (χ2n) is 3.67. The highest BCUT2D eigenvalue weighted by molar-refractivity contribution is 7.10. The van der Waals surface area contributed by atoms with Crippen LogP contribution in [0.3, 0.4) is 0 Å². The lowest BCUT2D eigenvalue weighted by Gasteiger charge is -2.11. The second kappa shape index (κ2) is 5.99. The van der Waals surface area contributed by atoms with E-state index in [0.717, 1.165) is 13.1 Å². The molecule has 0 amide bonds. The molecule has 0 aliphatic heterocycles. The van der Waals surface area contributed by atoms with Gasteiger partial charge in [-0.15, -0.1) is 11.3 Å². The van der Waals surface area contributed by atoms with Gasteiger partial charge in [-0.1, -0.05) is 32.4 Å². The smallest absolute Gasteiger partial charge is 0.0270 e. The number of thiophene rings is 1. The lowest BCUT2D eigenvalue weighted by atomic mass is 10.0. The Balaban J connectivity index is 2.67. The number of likely N-dealkylation sites (N-methyl/N-ethyl adjacent to an activating group) is 1. The van der Waals surface area contributed by atoms with Crippen molar-refractivity contribution >= 4 is 17.4 Å². The Morgan fingerprint density at radius 1 is 1.57 bits per heavy atom. The fourth-order valence-corrected chi connectivity index (χ4v) is 1.94. The zero-order valence-electron chi connectivity index (χ0n) is 9.21. The van der Waals surface area contributed by atoms with Gasteiger partial charge < -0.3 is 5.32 Å². The molecule has 1 aromatic heterocycles. The van der Waals surface area contributed by atoms with E-state index in [4.69, 9.17) is 0 Å². The Hall–Kier alpha value is -0.600. The molecule has 78 valence electrons. The van der Waals surface area contributed by atoms with Crippen LogP contribution in [-0.4, -0.2) is 13.1 Å². The van der Waals surface area contributed by atoms with E-state index >= 15 is 0 Å². The van der Waals surface area contributed by atoms with Gasteiger partial charge in [-0.25, -0.2) is 0 Å². The standard InChI is InChI=1S/C12H19NS/c1-4-13-9-11(10(2)3)8-12-6-5-7-14-12/h5-8,10,13H,4,9H2,1-3H3. The molecule has 0 atom stereocenters. The summed E-state index contributed by atoms with van der Waals surface area (Å²) in [6, 6.07) is 4.26. The van der Waals surface area contributed by atoms with Crippen LogP contribution in [0.5, 0.6) is 0 Å². The minimum Gasteiger partial charge on any atom is -0.313 e. The van der Waals surface area contributed by atoms with Crippen molar-refractivity contribution in [3.05, 3.63) is 28.0 Å². The molecule has 0 unspecified atom stereocenters. The van der Waals surface area contributed by atoms with Gasteiger partial charge in [0.2, 0.25) is 0 Å². The maximum Gasteiger partial charge on any atom is 0.0270 e. The van der Waals surface area contributed by atoms with Crippen molar-refractivity contribution in [2.75, 3.05) is 13.1 Å². The Kier molecular flexibility index (Phi) is 4.91. The lowest BCUT2D eigenvalue weighted by molar-refractivity contribution is 0.683. The summed E-state index contributed by atoms with van der Waals surface area (Å²) in [4.78, 5) is 1.35. The largest absolute Gasteiger partial charge is 0.313 e. The van der Waals surface area contributed by atoms with Crippen molar-refractivity contribution in [3.63, 3.8) is 0 Å². The van der Waals surface area contributed by atoms with E-state index in [2.05, 4.69) is 49.7 Å². The molecule has 1 nitrogen and oxygen atoms in total. The summed E-state index contributed by atoms with van der Waals surface area (Å²) in [7, 11) is 0. The van der Waals surface area contributed by atoms with E-state index < -0.39 is 0 Å². The number of nitrogens with one attached hydrogen (secondary N) is 1. The predicted octanol–water partition coefficient (Wildman–Crippen LogP) is 3.40. The molecular weight excluding hydrogens is 190 g/mol. The van der Waals surface area contributed by atoms with Crippen LogP contribution in [0.1, 0.15) is 25.6 Å².